The first kappa shape index (κ1) is 27.8. The number of hydrogen-bond acceptors (Lipinski definition) is 8. The van der Waals surface area contributed by atoms with Gasteiger partial charge in [-0.3, -0.25) is 10.1 Å². The molecule has 0 spiro atoms. The van der Waals surface area contributed by atoms with Gasteiger partial charge in [-0.1, -0.05) is 24.3 Å². The minimum Gasteiger partial charge on any atom is -0.506 e. The summed E-state index contributed by atoms with van der Waals surface area (Å²) in [4.78, 5) is 16.6. The number of aromatic amines is 1. The summed E-state index contributed by atoms with van der Waals surface area (Å²) in [5, 5.41) is 12.2. The Kier molecular flexibility index (Phi) is 10.8. The number of thiazole rings is 1. The number of fused-ring (bicyclic) bond motifs is 1. The molecule has 1 aromatic carbocycles. The molecule has 3 aromatic rings. The van der Waals surface area contributed by atoms with Crippen molar-refractivity contribution >= 4 is 55.3 Å². The second kappa shape index (κ2) is 12.8. The number of thiophene rings is 1. The molecular weight excluding hydrogens is 506 g/mol. The number of nitrogens with one attached hydrogen (secondary N) is 3. The zero-order chi connectivity index (χ0) is 23.1. The molecule has 12 heteroatoms. The monoisotopic (exact) mass is 535 g/mol. The van der Waals surface area contributed by atoms with Crippen LogP contribution in [0.1, 0.15) is 28.7 Å². The first-order valence-electron chi connectivity index (χ1n) is 10.5. The first-order chi connectivity index (χ1) is 15.3. The van der Waals surface area contributed by atoms with Gasteiger partial charge in [0.05, 0.1) is 17.9 Å². The predicted octanol–water partition coefficient (Wildman–Crippen LogP) is 3.13. The van der Waals surface area contributed by atoms with E-state index in [0.29, 0.717) is 42.8 Å². The van der Waals surface area contributed by atoms with E-state index < -0.39 is 15.4 Å². The van der Waals surface area contributed by atoms with E-state index in [1.165, 1.54) is 15.8 Å². The van der Waals surface area contributed by atoms with Crippen molar-refractivity contribution in [2.75, 3.05) is 26.3 Å². The minimum absolute atomic E-state index is 0. The number of sulfonamides is 1. The van der Waals surface area contributed by atoms with Crippen molar-refractivity contribution in [2.45, 2.75) is 38.5 Å². The number of phenols is 1. The normalized spacial score (nSPS) is 12.7. The Morgan fingerprint density at radius 3 is 2.61 bits per heavy atom. The van der Waals surface area contributed by atoms with Crippen LogP contribution in [0, 0.1) is 6.92 Å². The van der Waals surface area contributed by atoms with Gasteiger partial charge in [-0.15, -0.1) is 23.7 Å². The first-order valence-corrected chi connectivity index (χ1v) is 13.7. The highest BCUT2D eigenvalue weighted by Gasteiger charge is 2.22. The van der Waals surface area contributed by atoms with E-state index >= 15 is 0 Å². The smallest absolute Gasteiger partial charge is 0.305 e. The molecule has 8 nitrogen and oxygen atoms in total. The highest BCUT2D eigenvalue weighted by Crippen LogP contribution is 2.27. The van der Waals surface area contributed by atoms with Crippen LogP contribution in [0.15, 0.2) is 29.1 Å². The molecule has 1 unspecified atom stereocenters. The van der Waals surface area contributed by atoms with Crippen molar-refractivity contribution < 1.29 is 18.3 Å². The van der Waals surface area contributed by atoms with E-state index in [4.69, 9.17) is 4.74 Å². The summed E-state index contributed by atoms with van der Waals surface area (Å²) in [5.74, 6) is 0.0287. The number of hydrogen-bond donors (Lipinski definition) is 4. The molecule has 0 amide bonds. The Hall–Kier alpha value is -1.47. The zero-order valence-electron chi connectivity index (χ0n) is 18.5. The van der Waals surface area contributed by atoms with Crippen molar-refractivity contribution in [1.29, 1.82) is 0 Å². The number of ether oxygens (including phenoxy) is 1. The summed E-state index contributed by atoms with van der Waals surface area (Å²) in [6, 6.07) is 7.46. The van der Waals surface area contributed by atoms with E-state index in [9.17, 15) is 18.3 Å². The Bertz CT molecular complexity index is 1190. The molecule has 0 radical (unpaired) electrons. The van der Waals surface area contributed by atoms with Crippen molar-refractivity contribution in [3.05, 3.63) is 49.3 Å². The van der Waals surface area contributed by atoms with Crippen LogP contribution in [0.4, 0.5) is 0 Å². The summed E-state index contributed by atoms with van der Waals surface area (Å²) >= 11 is 2.78. The molecule has 3 rings (SSSR count). The molecule has 33 heavy (non-hydrogen) atoms. The molecular formula is C21H30ClN3O5S3. The average Bonchev–Trinajstić information content (AvgIpc) is 3.35. The van der Waals surface area contributed by atoms with Crippen LogP contribution in [0.25, 0.3) is 10.2 Å². The average molecular weight is 536 g/mol. The quantitative estimate of drug-likeness (QED) is 0.250. The Balaban J connectivity index is 0.00000385. The van der Waals surface area contributed by atoms with Gasteiger partial charge in [0.2, 0.25) is 10.0 Å². The molecule has 184 valence electrons. The predicted molar refractivity (Wildman–Crippen MR) is 138 cm³/mol. The number of aromatic hydroxyl groups is 1. The van der Waals surface area contributed by atoms with E-state index in [1.54, 1.807) is 17.4 Å². The van der Waals surface area contributed by atoms with Crippen molar-refractivity contribution in [3.8, 4) is 5.75 Å². The van der Waals surface area contributed by atoms with Crippen LogP contribution >= 0.6 is 35.1 Å². The number of H-pyrrole nitrogens is 1. The van der Waals surface area contributed by atoms with Gasteiger partial charge in [-0.2, -0.15) is 0 Å². The molecule has 0 saturated carbocycles. The lowest BCUT2D eigenvalue weighted by atomic mass is 10.1. The molecule has 0 fully saturated rings. The van der Waals surface area contributed by atoms with Crippen LogP contribution in [0.3, 0.4) is 0 Å². The summed E-state index contributed by atoms with van der Waals surface area (Å²) < 4.78 is 34.1. The number of aromatic nitrogens is 1. The number of benzene rings is 1. The summed E-state index contributed by atoms with van der Waals surface area (Å²) in [6.07, 6.45) is 1.77. The lowest BCUT2D eigenvalue weighted by molar-refractivity contribution is 0.143. The van der Waals surface area contributed by atoms with Crippen molar-refractivity contribution in [2.24, 2.45) is 0 Å². The molecule has 0 aliphatic carbocycles. The minimum atomic E-state index is -3.54. The van der Waals surface area contributed by atoms with Gasteiger partial charge < -0.3 is 14.8 Å². The van der Waals surface area contributed by atoms with Crippen LogP contribution in [0.2, 0.25) is 0 Å². The van der Waals surface area contributed by atoms with E-state index in [1.807, 2.05) is 6.92 Å². The van der Waals surface area contributed by atoms with Crippen LogP contribution in [0.5, 0.6) is 5.75 Å². The third kappa shape index (κ3) is 7.78. The molecule has 0 aliphatic heterocycles. The number of rotatable bonds is 13. The second-order valence-electron chi connectivity index (χ2n) is 7.38. The van der Waals surface area contributed by atoms with Gasteiger partial charge in [0.25, 0.3) is 0 Å². The fraction of sp³-hybridized carbons (Fsp3) is 0.476. The van der Waals surface area contributed by atoms with Crippen LogP contribution < -0.4 is 14.9 Å². The lowest BCUT2D eigenvalue weighted by Gasteiger charge is -2.18. The third-order valence-corrected chi connectivity index (χ3v) is 8.86. The SMILES string of the molecule is CCC(NCCc1ccc(O)c2[nH]c(=O)sc12)S(=O)(=O)NCCOCCc1ccc(C)s1.Cl. The van der Waals surface area contributed by atoms with Crippen molar-refractivity contribution in [3.63, 3.8) is 0 Å². The Labute approximate surface area is 207 Å². The van der Waals surface area contributed by atoms with E-state index in [2.05, 4.69) is 34.1 Å². The van der Waals surface area contributed by atoms with Gasteiger partial charge in [-0.05, 0) is 43.5 Å². The standard InChI is InChI=1S/C21H29N3O5S3.ClH/c1-3-18(22-10-8-15-5-7-17(25)19-20(15)31-21(26)24-19)32(27,28)23-11-13-29-12-9-16-6-4-14(2)30-16;/h4-7,18,22-23,25H,3,8-13H2,1-2H3,(H,24,26);1H. The van der Waals surface area contributed by atoms with Gasteiger partial charge in [0.1, 0.15) is 16.6 Å². The Morgan fingerprint density at radius 1 is 1.12 bits per heavy atom. The Morgan fingerprint density at radius 2 is 1.91 bits per heavy atom. The summed E-state index contributed by atoms with van der Waals surface area (Å²) in [7, 11) is -3.54. The number of halogens is 1. The van der Waals surface area contributed by atoms with Gasteiger partial charge in [0.15, 0.2) is 0 Å². The molecule has 1 atom stereocenters. The van der Waals surface area contributed by atoms with E-state index in [-0.39, 0.29) is 29.6 Å². The number of phenolic OH excluding ortho intramolecular Hbond substituents is 1. The molecule has 2 heterocycles. The molecule has 0 bridgehead atoms. The lowest BCUT2D eigenvalue weighted by Crippen LogP contribution is -2.45. The topological polar surface area (TPSA) is 121 Å². The fourth-order valence-corrected chi connectivity index (χ4v) is 6.48. The van der Waals surface area contributed by atoms with Gasteiger partial charge >= 0.3 is 4.87 Å². The molecule has 2 aromatic heterocycles. The number of aryl methyl sites for hydroxylation is 1. The maximum atomic E-state index is 12.6. The van der Waals surface area contributed by atoms with Gasteiger partial charge in [0, 0.05) is 29.3 Å². The highest BCUT2D eigenvalue weighted by molar-refractivity contribution is 7.90. The molecule has 0 saturated heterocycles. The van der Waals surface area contributed by atoms with E-state index in [0.717, 1.165) is 23.3 Å². The van der Waals surface area contributed by atoms with Crippen LogP contribution in [-0.2, 0) is 27.6 Å². The van der Waals surface area contributed by atoms with Crippen LogP contribution in [-0.4, -0.2) is 50.2 Å². The maximum absolute atomic E-state index is 12.6. The fourth-order valence-electron chi connectivity index (χ4n) is 3.36. The third-order valence-electron chi connectivity index (χ3n) is 4.99. The van der Waals surface area contributed by atoms with Crippen molar-refractivity contribution in [1.82, 2.24) is 15.0 Å². The molecule has 0 aliphatic rings. The molecule has 4 N–H and O–H groups in total. The summed E-state index contributed by atoms with van der Waals surface area (Å²) in [6.45, 7) is 5.40. The highest BCUT2D eigenvalue weighted by atomic mass is 35.5. The van der Waals surface area contributed by atoms with Gasteiger partial charge in [-0.25, -0.2) is 13.1 Å². The largest absolute Gasteiger partial charge is 0.506 e. The maximum Gasteiger partial charge on any atom is 0.305 e. The zero-order valence-corrected chi connectivity index (χ0v) is 21.8. The summed E-state index contributed by atoms with van der Waals surface area (Å²) in [5.41, 5.74) is 1.30. The second-order valence-corrected chi connectivity index (χ2v) is 11.7.